The Kier molecular flexibility index (Phi) is 6.71. The zero-order valence-corrected chi connectivity index (χ0v) is 22.2. The number of benzene rings is 2. The standard InChI is InChI=1S/C30H33F2N5O2/c1-18(31)28(38)34-15-14-33-27-23-9-8-22(21-7-3-5-19-10-11-30(12-13-30)24(19)21)25(32)26(23)35-29(36-27)39-17-20-6-4-16-37(20)2/h3,5,7-9,20H,1,4,6,10-17H2,2H3,(H,34,38)(H,33,35,36)/t20-/m0/s1. The average molecular weight is 534 g/mol. The molecule has 0 bridgehead atoms. The Morgan fingerprint density at radius 2 is 2.03 bits per heavy atom. The minimum atomic E-state index is -1.05. The number of rotatable bonds is 9. The van der Waals surface area contributed by atoms with Crippen LogP contribution in [0, 0.1) is 5.82 Å². The van der Waals surface area contributed by atoms with Gasteiger partial charge in [-0.3, -0.25) is 4.79 Å². The number of carbonyl (C=O) groups excluding carboxylic acids is 1. The number of amides is 1. The number of aromatic nitrogens is 2. The highest BCUT2D eigenvalue weighted by molar-refractivity contribution is 5.94. The van der Waals surface area contributed by atoms with Gasteiger partial charge >= 0.3 is 6.01 Å². The second-order valence-corrected chi connectivity index (χ2v) is 11.0. The summed E-state index contributed by atoms with van der Waals surface area (Å²) >= 11 is 0. The molecule has 1 saturated heterocycles. The molecule has 3 aromatic rings. The first-order valence-corrected chi connectivity index (χ1v) is 13.7. The largest absolute Gasteiger partial charge is 0.462 e. The number of nitrogens with one attached hydrogen (secondary N) is 2. The van der Waals surface area contributed by atoms with Crippen LogP contribution in [0.1, 0.15) is 43.2 Å². The molecule has 2 fully saturated rings. The first-order valence-electron chi connectivity index (χ1n) is 13.7. The maximum atomic E-state index is 16.4. The van der Waals surface area contributed by atoms with Gasteiger partial charge < -0.3 is 20.3 Å². The molecule has 1 saturated carbocycles. The van der Waals surface area contributed by atoms with Crippen LogP contribution in [0.3, 0.4) is 0 Å². The van der Waals surface area contributed by atoms with E-state index < -0.39 is 17.6 Å². The summed E-state index contributed by atoms with van der Waals surface area (Å²) in [5.41, 5.74) is 4.47. The van der Waals surface area contributed by atoms with Crippen LogP contribution in [0.2, 0.25) is 0 Å². The Bertz CT molecular complexity index is 1460. The summed E-state index contributed by atoms with van der Waals surface area (Å²) < 4.78 is 35.3. The van der Waals surface area contributed by atoms with Crippen LogP contribution in [0.5, 0.6) is 6.01 Å². The molecular formula is C30H33F2N5O2. The Labute approximate surface area is 226 Å². The summed E-state index contributed by atoms with van der Waals surface area (Å²) in [6, 6.07) is 10.2. The second kappa shape index (κ2) is 10.2. The van der Waals surface area contributed by atoms with Crippen molar-refractivity contribution < 1.29 is 18.3 Å². The highest BCUT2D eigenvalue weighted by Crippen LogP contribution is 2.59. The molecule has 1 amide bonds. The van der Waals surface area contributed by atoms with E-state index in [0.29, 0.717) is 23.4 Å². The van der Waals surface area contributed by atoms with Crippen LogP contribution < -0.4 is 15.4 Å². The molecule has 2 N–H and O–H groups in total. The third-order valence-corrected chi connectivity index (χ3v) is 8.51. The van der Waals surface area contributed by atoms with E-state index in [2.05, 4.69) is 45.2 Å². The molecule has 2 aromatic carbocycles. The molecule has 2 aliphatic carbocycles. The van der Waals surface area contributed by atoms with E-state index >= 15 is 4.39 Å². The first-order chi connectivity index (χ1) is 18.9. The number of likely N-dealkylation sites (tertiary alicyclic amines) is 1. The molecule has 2 heterocycles. The Hall–Kier alpha value is -3.59. The minimum absolute atomic E-state index is 0.0967. The van der Waals surface area contributed by atoms with E-state index in [4.69, 9.17) is 4.74 Å². The number of anilines is 1. The summed E-state index contributed by atoms with van der Waals surface area (Å²) in [6.45, 7) is 4.80. The van der Waals surface area contributed by atoms with Gasteiger partial charge in [0.2, 0.25) is 0 Å². The van der Waals surface area contributed by atoms with Crippen molar-refractivity contribution >= 4 is 22.6 Å². The molecule has 1 aliphatic heterocycles. The fraction of sp³-hybridized carbons (Fsp3) is 0.433. The molecule has 0 unspecified atom stereocenters. The molecule has 3 aliphatic rings. The minimum Gasteiger partial charge on any atom is -0.462 e. The van der Waals surface area contributed by atoms with E-state index in [1.165, 1.54) is 11.1 Å². The predicted octanol–water partition coefficient (Wildman–Crippen LogP) is 4.90. The van der Waals surface area contributed by atoms with Crippen molar-refractivity contribution in [3.8, 4) is 17.1 Å². The summed E-state index contributed by atoms with van der Waals surface area (Å²) in [5, 5.41) is 6.08. The number of likely N-dealkylation sites (N-methyl/N-ethyl adjacent to an activating group) is 1. The van der Waals surface area contributed by atoms with Gasteiger partial charge in [0.1, 0.15) is 17.9 Å². The van der Waals surface area contributed by atoms with Gasteiger partial charge in [-0.2, -0.15) is 9.97 Å². The monoisotopic (exact) mass is 533 g/mol. The van der Waals surface area contributed by atoms with Crippen molar-refractivity contribution in [1.29, 1.82) is 0 Å². The summed E-state index contributed by atoms with van der Waals surface area (Å²) in [6.07, 6.45) is 6.60. The number of nitrogens with zero attached hydrogens (tertiary/aromatic N) is 3. The van der Waals surface area contributed by atoms with Gasteiger partial charge in [-0.25, -0.2) is 8.78 Å². The second-order valence-electron chi connectivity index (χ2n) is 11.0. The van der Waals surface area contributed by atoms with Crippen LogP contribution in [0.4, 0.5) is 14.6 Å². The quantitative estimate of drug-likeness (QED) is 0.301. The van der Waals surface area contributed by atoms with Crippen LogP contribution >= 0.6 is 0 Å². The van der Waals surface area contributed by atoms with E-state index in [-0.39, 0.29) is 36.1 Å². The van der Waals surface area contributed by atoms with Crippen molar-refractivity contribution in [2.24, 2.45) is 0 Å². The van der Waals surface area contributed by atoms with Gasteiger partial charge in [-0.15, -0.1) is 0 Å². The van der Waals surface area contributed by atoms with E-state index in [1.807, 2.05) is 18.2 Å². The zero-order chi connectivity index (χ0) is 27.1. The summed E-state index contributed by atoms with van der Waals surface area (Å²) in [4.78, 5) is 22.8. The maximum absolute atomic E-state index is 16.4. The number of hydrogen-bond donors (Lipinski definition) is 2. The highest BCUT2D eigenvalue weighted by atomic mass is 19.1. The third kappa shape index (κ3) is 4.84. The molecule has 1 atom stereocenters. The number of carbonyl (C=O) groups is 1. The van der Waals surface area contributed by atoms with Crippen LogP contribution in [0.25, 0.3) is 22.0 Å². The molecular weight excluding hydrogens is 500 g/mol. The Morgan fingerprint density at radius 1 is 1.18 bits per heavy atom. The van der Waals surface area contributed by atoms with E-state index in [1.54, 1.807) is 6.07 Å². The molecule has 1 aromatic heterocycles. The topological polar surface area (TPSA) is 79.4 Å². The Balaban J connectivity index is 1.35. The van der Waals surface area contributed by atoms with Crippen molar-refractivity contribution in [1.82, 2.24) is 20.2 Å². The van der Waals surface area contributed by atoms with Gasteiger partial charge in [0.05, 0.1) is 0 Å². The predicted molar refractivity (Wildman–Crippen MR) is 147 cm³/mol. The fourth-order valence-electron chi connectivity index (χ4n) is 6.17. The van der Waals surface area contributed by atoms with Gasteiger partial charge in [0.25, 0.3) is 5.91 Å². The highest BCUT2D eigenvalue weighted by Gasteiger charge is 2.49. The molecule has 9 heteroatoms. The SMILES string of the molecule is C=C(F)C(=O)NCCNc1nc(OC[C@@H]2CCCN2C)nc2c(F)c(-c3cccc4c3C3(CC4)CC3)ccc12. The van der Waals surface area contributed by atoms with E-state index in [0.717, 1.165) is 50.6 Å². The lowest BCUT2D eigenvalue weighted by Gasteiger charge is -2.20. The van der Waals surface area contributed by atoms with Crippen molar-refractivity contribution in [2.75, 3.05) is 38.6 Å². The van der Waals surface area contributed by atoms with Crippen LogP contribution in [-0.4, -0.2) is 60.1 Å². The molecule has 6 rings (SSSR count). The normalized spacial score (nSPS) is 19.3. The molecule has 39 heavy (non-hydrogen) atoms. The zero-order valence-electron chi connectivity index (χ0n) is 22.2. The van der Waals surface area contributed by atoms with Crippen LogP contribution in [-0.2, 0) is 16.6 Å². The molecule has 204 valence electrons. The van der Waals surface area contributed by atoms with Crippen molar-refractivity contribution in [3.63, 3.8) is 0 Å². The lowest BCUT2D eigenvalue weighted by atomic mass is 9.89. The number of aryl methyl sites for hydroxylation is 1. The van der Waals surface area contributed by atoms with Gasteiger partial charge in [0.15, 0.2) is 11.6 Å². The first kappa shape index (κ1) is 25.7. The average Bonchev–Trinajstić information content (AvgIpc) is 3.46. The molecule has 1 spiro atoms. The maximum Gasteiger partial charge on any atom is 0.319 e. The van der Waals surface area contributed by atoms with E-state index in [9.17, 15) is 9.18 Å². The molecule has 0 radical (unpaired) electrons. The number of halogens is 2. The lowest BCUT2D eigenvalue weighted by molar-refractivity contribution is -0.118. The van der Waals surface area contributed by atoms with Crippen molar-refractivity contribution in [3.05, 3.63) is 59.7 Å². The molecule has 7 nitrogen and oxygen atoms in total. The van der Waals surface area contributed by atoms with Crippen LogP contribution in [0.15, 0.2) is 42.7 Å². The smallest absolute Gasteiger partial charge is 0.319 e. The van der Waals surface area contributed by atoms with Gasteiger partial charge in [-0.05, 0) is 80.3 Å². The third-order valence-electron chi connectivity index (χ3n) is 8.51. The summed E-state index contributed by atoms with van der Waals surface area (Å²) in [7, 11) is 2.06. The number of ether oxygens (including phenoxy) is 1. The number of hydrogen-bond acceptors (Lipinski definition) is 6. The fourth-order valence-corrected chi connectivity index (χ4v) is 6.17. The van der Waals surface area contributed by atoms with Gasteiger partial charge in [0, 0.05) is 30.1 Å². The van der Waals surface area contributed by atoms with Crippen molar-refractivity contribution in [2.45, 2.75) is 50.0 Å². The van der Waals surface area contributed by atoms with Gasteiger partial charge in [-0.1, -0.05) is 30.8 Å². The lowest BCUT2D eigenvalue weighted by Crippen LogP contribution is -2.31. The summed E-state index contributed by atoms with van der Waals surface area (Å²) in [5.74, 6) is -1.93. The number of fused-ring (bicyclic) bond motifs is 3. The Morgan fingerprint density at radius 3 is 2.77 bits per heavy atom.